The van der Waals surface area contributed by atoms with Gasteiger partial charge in [-0.05, 0) is 49.2 Å². The second-order valence-electron chi connectivity index (χ2n) is 8.07. The predicted octanol–water partition coefficient (Wildman–Crippen LogP) is 4.19. The Morgan fingerprint density at radius 2 is 2.06 bits per heavy atom. The lowest BCUT2D eigenvalue weighted by Crippen LogP contribution is -2.41. The van der Waals surface area contributed by atoms with E-state index >= 15 is 0 Å². The number of fused-ring (bicyclic) bond motifs is 1. The van der Waals surface area contributed by atoms with Gasteiger partial charge >= 0.3 is 0 Å². The maximum Gasteiger partial charge on any atom is 0.291 e. The lowest BCUT2D eigenvalue weighted by atomic mass is 9.97. The third kappa shape index (κ3) is 4.74. The number of piperidine rings is 1. The third-order valence-electron chi connectivity index (χ3n) is 5.77. The van der Waals surface area contributed by atoms with Gasteiger partial charge in [0.25, 0.3) is 11.8 Å². The van der Waals surface area contributed by atoms with Crippen molar-refractivity contribution in [2.45, 2.75) is 18.8 Å². The van der Waals surface area contributed by atoms with E-state index in [1.54, 1.807) is 36.4 Å². The fourth-order valence-electron chi connectivity index (χ4n) is 4.09. The average molecular weight is 444 g/mol. The van der Waals surface area contributed by atoms with Crippen LogP contribution in [0.2, 0.25) is 0 Å². The Labute approximate surface area is 190 Å². The van der Waals surface area contributed by atoms with Crippen molar-refractivity contribution in [1.82, 2.24) is 14.9 Å². The smallest absolute Gasteiger partial charge is 0.291 e. The SMILES string of the molecule is O=C(Nc1cccc(OCC(=O)N2CCCC(c3nc4ccccc4[nH]3)C2)c1)c1ccco1. The number of furan rings is 1. The first-order valence-electron chi connectivity index (χ1n) is 11.0. The Kier molecular flexibility index (Phi) is 5.80. The van der Waals surface area contributed by atoms with Crippen LogP contribution in [0.25, 0.3) is 11.0 Å². The molecule has 2 aromatic heterocycles. The van der Waals surface area contributed by atoms with Gasteiger partial charge in [0.15, 0.2) is 12.4 Å². The molecule has 8 heteroatoms. The van der Waals surface area contributed by atoms with Crippen LogP contribution in [-0.4, -0.2) is 46.4 Å². The molecule has 5 rings (SSSR count). The molecule has 1 unspecified atom stereocenters. The van der Waals surface area contributed by atoms with Crippen LogP contribution in [0.4, 0.5) is 5.69 Å². The topological polar surface area (TPSA) is 100 Å². The van der Waals surface area contributed by atoms with Crippen molar-refractivity contribution >= 4 is 28.5 Å². The molecule has 4 aromatic rings. The van der Waals surface area contributed by atoms with Crippen LogP contribution in [0.15, 0.2) is 71.3 Å². The summed E-state index contributed by atoms with van der Waals surface area (Å²) in [6.45, 7) is 1.25. The molecule has 0 aliphatic carbocycles. The van der Waals surface area contributed by atoms with Crippen LogP contribution in [0.3, 0.4) is 0 Å². The van der Waals surface area contributed by atoms with Crippen LogP contribution in [0.5, 0.6) is 5.75 Å². The molecule has 0 bridgehead atoms. The molecule has 0 spiro atoms. The highest BCUT2D eigenvalue weighted by Crippen LogP contribution is 2.27. The molecule has 168 valence electrons. The van der Waals surface area contributed by atoms with Gasteiger partial charge in [0.2, 0.25) is 0 Å². The van der Waals surface area contributed by atoms with E-state index in [1.807, 2.05) is 29.2 Å². The fourth-order valence-corrected chi connectivity index (χ4v) is 4.09. The summed E-state index contributed by atoms with van der Waals surface area (Å²) in [5.41, 5.74) is 2.51. The van der Waals surface area contributed by atoms with Gasteiger partial charge in [-0.1, -0.05) is 18.2 Å². The zero-order chi connectivity index (χ0) is 22.6. The monoisotopic (exact) mass is 444 g/mol. The number of likely N-dealkylation sites (tertiary alicyclic amines) is 1. The minimum atomic E-state index is -0.349. The Morgan fingerprint density at radius 1 is 1.15 bits per heavy atom. The molecule has 2 amide bonds. The minimum Gasteiger partial charge on any atom is -0.484 e. The van der Waals surface area contributed by atoms with Crippen LogP contribution in [0, 0.1) is 0 Å². The predicted molar refractivity (Wildman–Crippen MR) is 123 cm³/mol. The zero-order valence-electron chi connectivity index (χ0n) is 18.0. The molecule has 2 N–H and O–H groups in total. The highest BCUT2D eigenvalue weighted by atomic mass is 16.5. The number of benzene rings is 2. The summed E-state index contributed by atoms with van der Waals surface area (Å²) < 4.78 is 10.8. The van der Waals surface area contributed by atoms with Crippen molar-refractivity contribution in [2.75, 3.05) is 25.0 Å². The van der Waals surface area contributed by atoms with E-state index in [4.69, 9.17) is 14.1 Å². The minimum absolute atomic E-state index is 0.0670. The highest BCUT2D eigenvalue weighted by Gasteiger charge is 2.27. The van der Waals surface area contributed by atoms with Crippen molar-refractivity contribution in [3.8, 4) is 5.75 Å². The van der Waals surface area contributed by atoms with E-state index in [0.717, 1.165) is 29.7 Å². The molecule has 0 radical (unpaired) electrons. The van der Waals surface area contributed by atoms with Crippen molar-refractivity contribution in [2.24, 2.45) is 0 Å². The van der Waals surface area contributed by atoms with E-state index in [9.17, 15) is 9.59 Å². The van der Waals surface area contributed by atoms with Crippen molar-refractivity contribution in [1.29, 1.82) is 0 Å². The first-order chi connectivity index (χ1) is 16.2. The van der Waals surface area contributed by atoms with Gasteiger partial charge in [-0.3, -0.25) is 9.59 Å². The molecule has 1 aliphatic heterocycles. The molecule has 1 aliphatic rings. The summed E-state index contributed by atoms with van der Waals surface area (Å²) in [6.07, 6.45) is 3.35. The number of nitrogens with zero attached hydrogens (tertiary/aromatic N) is 2. The summed E-state index contributed by atoms with van der Waals surface area (Å²) in [7, 11) is 0. The van der Waals surface area contributed by atoms with E-state index in [-0.39, 0.29) is 30.1 Å². The molecule has 1 fully saturated rings. The van der Waals surface area contributed by atoms with Gasteiger partial charge < -0.3 is 24.4 Å². The van der Waals surface area contributed by atoms with Crippen molar-refractivity contribution in [3.05, 3.63) is 78.5 Å². The number of ether oxygens (including phenoxy) is 1. The average Bonchev–Trinajstić information content (AvgIpc) is 3.53. The molecular weight excluding hydrogens is 420 g/mol. The second-order valence-corrected chi connectivity index (χ2v) is 8.07. The number of anilines is 1. The van der Waals surface area contributed by atoms with Crippen LogP contribution < -0.4 is 10.1 Å². The second kappa shape index (κ2) is 9.20. The lowest BCUT2D eigenvalue weighted by molar-refractivity contribution is -0.134. The first-order valence-corrected chi connectivity index (χ1v) is 11.0. The number of para-hydroxylation sites is 2. The number of amides is 2. The van der Waals surface area contributed by atoms with Crippen LogP contribution in [-0.2, 0) is 4.79 Å². The van der Waals surface area contributed by atoms with Crippen LogP contribution in [0.1, 0.15) is 35.1 Å². The Balaban J connectivity index is 1.18. The number of hydrogen-bond donors (Lipinski definition) is 2. The standard InChI is InChI=1S/C25H24N4O4/c30-23(16-33-19-8-3-7-18(14-19)26-25(31)22-11-5-13-32-22)29-12-4-6-17(15-29)24-27-20-9-1-2-10-21(20)28-24/h1-3,5,7-11,13-14,17H,4,6,12,15-16H2,(H,26,31)(H,27,28). The van der Waals surface area contributed by atoms with E-state index in [1.165, 1.54) is 6.26 Å². The molecule has 3 heterocycles. The lowest BCUT2D eigenvalue weighted by Gasteiger charge is -2.31. The van der Waals surface area contributed by atoms with Gasteiger partial charge in [0, 0.05) is 30.8 Å². The summed E-state index contributed by atoms with van der Waals surface area (Å²) in [6, 6.07) is 18.1. The van der Waals surface area contributed by atoms with Crippen molar-refractivity contribution < 1.29 is 18.7 Å². The summed E-state index contributed by atoms with van der Waals surface area (Å²) in [4.78, 5) is 34.9. The van der Waals surface area contributed by atoms with E-state index < -0.39 is 0 Å². The van der Waals surface area contributed by atoms with Crippen LogP contribution >= 0.6 is 0 Å². The zero-order valence-corrected chi connectivity index (χ0v) is 18.0. The number of imidazole rings is 1. The molecular formula is C25H24N4O4. The number of aromatic amines is 1. The van der Waals surface area contributed by atoms with Crippen molar-refractivity contribution in [3.63, 3.8) is 0 Å². The molecule has 8 nitrogen and oxygen atoms in total. The molecule has 0 saturated carbocycles. The number of H-pyrrole nitrogens is 1. The van der Waals surface area contributed by atoms with Gasteiger partial charge in [-0.2, -0.15) is 0 Å². The number of hydrogen-bond acceptors (Lipinski definition) is 5. The van der Waals surface area contributed by atoms with Gasteiger partial charge in [0.1, 0.15) is 11.6 Å². The largest absolute Gasteiger partial charge is 0.484 e. The maximum atomic E-state index is 12.8. The summed E-state index contributed by atoms with van der Waals surface area (Å²) >= 11 is 0. The first kappa shape index (κ1) is 20.8. The van der Waals surface area contributed by atoms with Gasteiger partial charge in [-0.25, -0.2) is 4.98 Å². The number of rotatable bonds is 6. The summed E-state index contributed by atoms with van der Waals surface area (Å²) in [5.74, 6) is 1.41. The summed E-state index contributed by atoms with van der Waals surface area (Å²) in [5, 5.41) is 2.75. The normalized spacial score (nSPS) is 16.0. The highest BCUT2D eigenvalue weighted by molar-refractivity contribution is 6.02. The van der Waals surface area contributed by atoms with E-state index in [0.29, 0.717) is 24.5 Å². The molecule has 33 heavy (non-hydrogen) atoms. The Hall–Kier alpha value is -4.07. The molecule has 1 atom stereocenters. The third-order valence-corrected chi connectivity index (χ3v) is 5.77. The Bertz CT molecular complexity index is 1230. The number of carbonyl (C=O) groups is 2. The quantitative estimate of drug-likeness (QED) is 0.464. The molecule has 2 aromatic carbocycles. The van der Waals surface area contributed by atoms with Gasteiger partial charge in [0.05, 0.1) is 17.3 Å². The van der Waals surface area contributed by atoms with E-state index in [2.05, 4.69) is 10.3 Å². The number of carbonyl (C=O) groups excluding carboxylic acids is 2. The maximum absolute atomic E-state index is 12.8. The Morgan fingerprint density at radius 3 is 2.91 bits per heavy atom. The fraction of sp³-hybridized carbons (Fsp3) is 0.240. The number of aromatic nitrogens is 2. The molecule has 1 saturated heterocycles. The number of nitrogens with one attached hydrogen (secondary N) is 2. The van der Waals surface area contributed by atoms with Gasteiger partial charge in [-0.15, -0.1) is 0 Å².